The monoisotopic (exact) mass is 242 g/mol. The van der Waals surface area contributed by atoms with Crippen LogP contribution in [0.15, 0.2) is 36.4 Å². The van der Waals surface area contributed by atoms with Crippen molar-refractivity contribution in [1.82, 2.24) is 0 Å². The third-order valence-electron chi connectivity index (χ3n) is 4.32. The quantitative estimate of drug-likeness (QED) is 0.628. The fourth-order valence-electron chi connectivity index (χ4n) is 3.07. The van der Waals surface area contributed by atoms with Gasteiger partial charge in [-0.3, -0.25) is 0 Å². The third kappa shape index (κ3) is 4.01. The van der Waals surface area contributed by atoms with Crippen LogP contribution in [-0.2, 0) is 6.42 Å². The number of allylic oxidation sites excluding steroid dienone is 2. The van der Waals surface area contributed by atoms with E-state index in [2.05, 4.69) is 50.3 Å². The fraction of sp³-hybridized carbons (Fsp3) is 0.556. The maximum Gasteiger partial charge on any atom is -0.0233 e. The lowest BCUT2D eigenvalue weighted by atomic mass is 9.79. The zero-order valence-corrected chi connectivity index (χ0v) is 11.9. The van der Waals surface area contributed by atoms with Crippen molar-refractivity contribution in [1.29, 1.82) is 0 Å². The van der Waals surface area contributed by atoms with E-state index in [4.69, 9.17) is 0 Å². The molecule has 0 spiro atoms. The molecule has 0 unspecified atom stereocenters. The molecular formula is C18H26. The van der Waals surface area contributed by atoms with Gasteiger partial charge in [-0.05, 0) is 69.8 Å². The van der Waals surface area contributed by atoms with Crippen LogP contribution in [0.2, 0.25) is 0 Å². The highest BCUT2D eigenvalue weighted by Gasteiger charge is 2.18. The Balaban J connectivity index is 1.73. The van der Waals surface area contributed by atoms with Crippen molar-refractivity contribution < 1.29 is 0 Å². The highest BCUT2D eigenvalue weighted by molar-refractivity contribution is 5.21. The molecule has 1 aromatic rings. The normalized spacial score (nSPS) is 24.6. The van der Waals surface area contributed by atoms with Gasteiger partial charge < -0.3 is 0 Å². The first-order valence-corrected chi connectivity index (χ1v) is 7.46. The van der Waals surface area contributed by atoms with Gasteiger partial charge in [0, 0.05) is 0 Å². The summed E-state index contributed by atoms with van der Waals surface area (Å²) in [5, 5.41) is 0. The Bertz CT molecular complexity index is 364. The first kappa shape index (κ1) is 13.4. The van der Waals surface area contributed by atoms with Crippen molar-refractivity contribution in [3.05, 3.63) is 47.5 Å². The van der Waals surface area contributed by atoms with Gasteiger partial charge in [-0.2, -0.15) is 0 Å². The van der Waals surface area contributed by atoms with Crippen molar-refractivity contribution >= 4 is 0 Å². The van der Waals surface area contributed by atoms with E-state index in [1.807, 2.05) is 0 Å². The molecule has 1 saturated carbocycles. The van der Waals surface area contributed by atoms with E-state index >= 15 is 0 Å². The van der Waals surface area contributed by atoms with Crippen LogP contribution in [0.25, 0.3) is 0 Å². The summed E-state index contributed by atoms with van der Waals surface area (Å²) in [6, 6.07) is 9.05. The van der Waals surface area contributed by atoms with Crippen LogP contribution in [0.5, 0.6) is 0 Å². The third-order valence-corrected chi connectivity index (χ3v) is 4.32. The molecule has 0 amide bonds. The molecule has 0 heterocycles. The number of rotatable bonds is 4. The first-order valence-electron chi connectivity index (χ1n) is 7.46. The van der Waals surface area contributed by atoms with Crippen LogP contribution in [0.1, 0.15) is 50.2 Å². The molecule has 18 heavy (non-hydrogen) atoms. The molecule has 0 radical (unpaired) electrons. The molecule has 98 valence electrons. The smallest absolute Gasteiger partial charge is 0.0233 e. The highest BCUT2D eigenvalue weighted by Crippen LogP contribution is 2.32. The summed E-state index contributed by atoms with van der Waals surface area (Å²) in [5.74, 6) is 1.83. The number of hydrogen-bond donors (Lipinski definition) is 0. The van der Waals surface area contributed by atoms with Crippen molar-refractivity contribution in [3.8, 4) is 0 Å². The Kier molecular flexibility index (Phi) is 5.04. The summed E-state index contributed by atoms with van der Waals surface area (Å²) in [6.45, 7) is 4.30. The predicted molar refractivity (Wildman–Crippen MR) is 79.8 cm³/mol. The maximum atomic E-state index is 2.40. The topological polar surface area (TPSA) is 0 Å². The molecule has 0 bridgehead atoms. The SMILES string of the molecule is CC=CC1CCC(CCc2ccc(C)cc2)CC1. The van der Waals surface area contributed by atoms with Gasteiger partial charge in [0.15, 0.2) is 0 Å². The van der Waals surface area contributed by atoms with Gasteiger partial charge in [0.1, 0.15) is 0 Å². The number of aryl methyl sites for hydroxylation is 2. The second-order valence-corrected chi connectivity index (χ2v) is 5.83. The zero-order chi connectivity index (χ0) is 12.8. The van der Waals surface area contributed by atoms with E-state index < -0.39 is 0 Å². The Hall–Kier alpha value is -1.04. The summed E-state index contributed by atoms with van der Waals surface area (Å²) in [7, 11) is 0. The van der Waals surface area contributed by atoms with E-state index in [1.54, 1.807) is 0 Å². The Morgan fingerprint density at radius 3 is 2.33 bits per heavy atom. The molecule has 2 rings (SSSR count). The van der Waals surface area contributed by atoms with Crippen LogP contribution < -0.4 is 0 Å². The molecule has 1 aromatic carbocycles. The molecule has 0 heteroatoms. The van der Waals surface area contributed by atoms with Crippen LogP contribution >= 0.6 is 0 Å². The second kappa shape index (κ2) is 6.78. The second-order valence-electron chi connectivity index (χ2n) is 5.83. The Morgan fingerprint density at radius 1 is 1.06 bits per heavy atom. The Morgan fingerprint density at radius 2 is 1.72 bits per heavy atom. The van der Waals surface area contributed by atoms with Gasteiger partial charge in [0.05, 0.1) is 0 Å². The molecule has 0 atom stereocenters. The molecule has 1 fully saturated rings. The van der Waals surface area contributed by atoms with Crippen LogP contribution in [-0.4, -0.2) is 0 Å². The molecule has 0 N–H and O–H groups in total. The van der Waals surface area contributed by atoms with Gasteiger partial charge in [0.2, 0.25) is 0 Å². The largest absolute Gasteiger partial charge is 0.0914 e. The maximum absolute atomic E-state index is 2.40. The van der Waals surface area contributed by atoms with Crippen molar-refractivity contribution in [2.24, 2.45) is 11.8 Å². The van der Waals surface area contributed by atoms with Gasteiger partial charge >= 0.3 is 0 Å². The van der Waals surface area contributed by atoms with Gasteiger partial charge in [-0.1, -0.05) is 42.0 Å². The first-order chi connectivity index (χ1) is 8.78. The van der Waals surface area contributed by atoms with E-state index in [9.17, 15) is 0 Å². The van der Waals surface area contributed by atoms with Gasteiger partial charge in [-0.15, -0.1) is 0 Å². The van der Waals surface area contributed by atoms with Gasteiger partial charge in [-0.25, -0.2) is 0 Å². The molecular weight excluding hydrogens is 216 g/mol. The molecule has 0 aliphatic heterocycles. The highest BCUT2D eigenvalue weighted by atomic mass is 14.2. The lowest BCUT2D eigenvalue weighted by Crippen LogP contribution is -2.13. The minimum atomic E-state index is 0.866. The standard InChI is InChI=1S/C18H26/c1-3-4-16-9-11-18(12-10-16)14-13-17-7-5-15(2)6-8-17/h3-8,16,18H,9-14H2,1-2H3. The van der Waals surface area contributed by atoms with Crippen molar-refractivity contribution in [2.75, 3.05) is 0 Å². The minimum Gasteiger partial charge on any atom is -0.0914 e. The van der Waals surface area contributed by atoms with E-state index in [0.717, 1.165) is 11.8 Å². The average molecular weight is 242 g/mol. The van der Waals surface area contributed by atoms with Crippen LogP contribution in [0.4, 0.5) is 0 Å². The Labute approximate surface area is 112 Å². The van der Waals surface area contributed by atoms with E-state index in [-0.39, 0.29) is 0 Å². The zero-order valence-electron chi connectivity index (χ0n) is 11.9. The summed E-state index contributed by atoms with van der Waals surface area (Å²) in [4.78, 5) is 0. The summed E-state index contributed by atoms with van der Waals surface area (Å²) >= 11 is 0. The fourth-order valence-corrected chi connectivity index (χ4v) is 3.07. The van der Waals surface area contributed by atoms with E-state index in [1.165, 1.54) is 49.7 Å². The van der Waals surface area contributed by atoms with Crippen LogP contribution in [0, 0.1) is 18.8 Å². The average Bonchev–Trinajstić information content (AvgIpc) is 2.40. The molecule has 1 aliphatic carbocycles. The van der Waals surface area contributed by atoms with Gasteiger partial charge in [0.25, 0.3) is 0 Å². The van der Waals surface area contributed by atoms with Crippen molar-refractivity contribution in [3.63, 3.8) is 0 Å². The summed E-state index contributed by atoms with van der Waals surface area (Å²) in [6.07, 6.45) is 12.9. The minimum absolute atomic E-state index is 0.866. The van der Waals surface area contributed by atoms with Crippen molar-refractivity contribution in [2.45, 2.75) is 52.4 Å². The lowest BCUT2D eigenvalue weighted by molar-refractivity contribution is 0.296. The molecule has 0 aromatic heterocycles. The number of benzene rings is 1. The predicted octanol–water partition coefficient (Wildman–Crippen LogP) is 5.31. The number of hydrogen-bond acceptors (Lipinski definition) is 0. The molecule has 1 aliphatic rings. The molecule has 0 nitrogen and oxygen atoms in total. The summed E-state index contributed by atoms with van der Waals surface area (Å²) < 4.78 is 0. The van der Waals surface area contributed by atoms with E-state index in [0.29, 0.717) is 0 Å². The summed E-state index contributed by atoms with van der Waals surface area (Å²) in [5.41, 5.74) is 2.88. The van der Waals surface area contributed by atoms with Crippen LogP contribution in [0.3, 0.4) is 0 Å². The lowest BCUT2D eigenvalue weighted by Gasteiger charge is -2.26. The molecule has 0 saturated heterocycles.